The first-order valence-electron chi connectivity index (χ1n) is 6.97. The van der Waals surface area contributed by atoms with Gasteiger partial charge >= 0.3 is 0 Å². The Labute approximate surface area is 119 Å². The van der Waals surface area contributed by atoms with Gasteiger partial charge in [-0.15, -0.1) is 0 Å². The van der Waals surface area contributed by atoms with E-state index in [2.05, 4.69) is 4.90 Å². The van der Waals surface area contributed by atoms with Gasteiger partial charge in [0.1, 0.15) is 5.75 Å². The van der Waals surface area contributed by atoms with Crippen LogP contribution in [0.5, 0.6) is 5.75 Å². The van der Waals surface area contributed by atoms with Gasteiger partial charge in [0, 0.05) is 30.7 Å². The molecular formula is C15H21ClN2O. The van der Waals surface area contributed by atoms with Crippen molar-refractivity contribution >= 4 is 11.6 Å². The third-order valence-electron chi connectivity index (χ3n) is 4.63. The summed E-state index contributed by atoms with van der Waals surface area (Å²) in [6.45, 7) is 3.17. The highest BCUT2D eigenvalue weighted by atomic mass is 35.5. The number of benzene rings is 1. The Kier molecular flexibility index (Phi) is 3.70. The molecule has 3 nitrogen and oxygen atoms in total. The Balaban J connectivity index is 1.69. The molecule has 0 amide bonds. The Morgan fingerprint density at radius 3 is 2.95 bits per heavy atom. The average molecular weight is 281 g/mol. The van der Waals surface area contributed by atoms with Crippen molar-refractivity contribution in [3.05, 3.63) is 28.8 Å². The molecule has 1 aliphatic heterocycles. The summed E-state index contributed by atoms with van der Waals surface area (Å²) in [5.74, 6) is 2.35. The van der Waals surface area contributed by atoms with Gasteiger partial charge in [-0.05, 0) is 48.4 Å². The molecule has 3 rings (SSSR count). The zero-order chi connectivity index (χ0) is 13.4. The van der Waals surface area contributed by atoms with Crippen LogP contribution < -0.4 is 10.5 Å². The number of nitrogens with zero attached hydrogens (tertiary/aromatic N) is 1. The van der Waals surface area contributed by atoms with Crippen LogP contribution in [-0.4, -0.2) is 31.1 Å². The fraction of sp³-hybridized carbons (Fsp3) is 0.600. The second kappa shape index (κ2) is 5.31. The summed E-state index contributed by atoms with van der Waals surface area (Å²) in [6.07, 6.45) is 2.48. The fourth-order valence-corrected chi connectivity index (χ4v) is 3.75. The molecule has 1 aromatic carbocycles. The molecular weight excluding hydrogens is 260 g/mol. The van der Waals surface area contributed by atoms with Crippen molar-refractivity contribution in [1.82, 2.24) is 4.90 Å². The lowest BCUT2D eigenvalue weighted by Gasteiger charge is -2.19. The van der Waals surface area contributed by atoms with Crippen LogP contribution >= 0.6 is 11.6 Å². The number of fused-ring (bicyclic) bond motifs is 1. The van der Waals surface area contributed by atoms with Gasteiger partial charge in [-0.1, -0.05) is 11.6 Å². The van der Waals surface area contributed by atoms with Gasteiger partial charge in [0.15, 0.2) is 0 Å². The van der Waals surface area contributed by atoms with Gasteiger partial charge in [0.2, 0.25) is 0 Å². The Hall–Kier alpha value is -0.770. The maximum absolute atomic E-state index is 6.27. The van der Waals surface area contributed by atoms with E-state index in [4.69, 9.17) is 22.1 Å². The molecule has 0 spiro atoms. The first kappa shape index (κ1) is 13.2. The van der Waals surface area contributed by atoms with E-state index < -0.39 is 0 Å². The number of hydrogen-bond donors (Lipinski definition) is 1. The van der Waals surface area contributed by atoms with E-state index in [-0.39, 0.29) is 0 Å². The van der Waals surface area contributed by atoms with Crippen molar-refractivity contribution in [1.29, 1.82) is 0 Å². The van der Waals surface area contributed by atoms with Gasteiger partial charge in [-0.25, -0.2) is 0 Å². The molecule has 19 heavy (non-hydrogen) atoms. The Morgan fingerprint density at radius 2 is 2.21 bits per heavy atom. The highest BCUT2D eigenvalue weighted by molar-refractivity contribution is 6.31. The van der Waals surface area contributed by atoms with Crippen molar-refractivity contribution in [2.75, 3.05) is 20.2 Å². The molecule has 3 unspecified atom stereocenters. The van der Waals surface area contributed by atoms with Gasteiger partial charge in [0.05, 0.1) is 7.11 Å². The van der Waals surface area contributed by atoms with Crippen molar-refractivity contribution in [2.24, 2.45) is 17.6 Å². The molecule has 1 aromatic rings. The SMILES string of the molecule is COc1ccc(Cl)c(CN2CC3CCC(N)C3C2)c1. The van der Waals surface area contributed by atoms with Gasteiger partial charge < -0.3 is 10.5 Å². The van der Waals surface area contributed by atoms with E-state index in [1.54, 1.807) is 7.11 Å². The molecule has 2 fully saturated rings. The van der Waals surface area contributed by atoms with E-state index in [1.165, 1.54) is 12.8 Å². The molecule has 3 atom stereocenters. The lowest BCUT2D eigenvalue weighted by Crippen LogP contribution is -2.30. The van der Waals surface area contributed by atoms with Crippen molar-refractivity contribution in [3.8, 4) is 5.75 Å². The van der Waals surface area contributed by atoms with Crippen LogP contribution in [0.1, 0.15) is 18.4 Å². The molecule has 0 bridgehead atoms. The predicted molar refractivity (Wildman–Crippen MR) is 77.5 cm³/mol. The number of hydrogen-bond acceptors (Lipinski definition) is 3. The lowest BCUT2D eigenvalue weighted by molar-refractivity contribution is 0.297. The number of methoxy groups -OCH3 is 1. The summed E-state index contributed by atoms with van der Waals surface area (Å²) >= 11 is 6.27. The second-order valence-electron chi connectivity index (χ2n) is 5.82. The van der Waals surface area contributed by atoms with Crippen LogP contribution in [-0.2, 0) is 6.54 Å². The zero-order valence-corrected chi connectivity index (χ0v) is 12.1. The summed E-state index contributed by atoms with van der Waals surface area (Å²) in [7, 11) is 1.69. The van der Waals surface area contributed by atoms with E-state index in [0.29, 0.717) is 12.0 Å². The summed E-state index contributed by atoms with van der Waals surface area (Å²) in [5, 5.41) is 0.821. The highest BCUT2D eigenvalue weighted by Crippen LogP contribution is 2.38. The van der Waals surface area contributed by atoms with Crippen LogP contribution in [0, 0.1) is 11.8 Å². The smallest absolute Gasteiger partial charge is 0.119 e. The summed E-state index contributed by atoms with van der Waals surface area (Å²) < 4.78 is 5.27. The maximum atomic E-state index is 6.27. The fourth-order valence-electron chi connectivity index (χ4n) is 3.57. The molecule has 1 saturated heterocycles. The van der Waals surface area contributed by atoms with Crippen molar-refractivity contribution in [3.63, 3.8) is 0 Å². The normalized spacial score (nSPS) is 30.6. The average Bonchev–Trinajstić information content (AvgIpc) is 2.95. The Morgan fingerprint density at radius 1 is 1.37 bits per heavy atom. The van der Waals surface area contributed by atoms with Crippen LogP contribution in [0.4, 0.5) is 0 Å². The van der Waals surface area contributed by atoms with Crippen LogP contribution in [0.3, 0.4) is 0 Å². The Bertz CT molecular complexity index is 465. The summed E-state index contributed by atoms with van der Waals surface area (Å²) in [4.78, 5) is 2.48. The number of ether oxygens (including phenoxy) is 1. The molecule has 0 aromatic heterocycles. The van der Waals surface area contributed by atoms with Crippen LogP contribution in [0.15, 0.2) is 18.2 Å². The van der Waals surface area contributed by atoms with Crippen LogP contribution in [0.25, 0.3) is 0 Å². The first-order chi connectivity index (χ1) is 9.17. The number of likely N-dealkylation sites (tertiary alicyclic amines) is 1. The first-order valence-corrected chi connectivity index (χ1v) is 7.35. The predicted octanol–water partition coefficient (Wildman–Crippen LogP) is 2.52. The van der Waals surface area contributed by atoms with E-state index in [9.17, 15) is 0 Å². The molecule has 104 valence electrons. The minimum absolute atomic E-state index is 0.399. The maximum Gasteiger partial charge on any atom is 0.119 e. The van der Waals surface area contributed by atoms with Crippen molar-refractivity contribution < 1.29 is 4.74 Å². The number of nitrogens with two attached hydrogens (primary N) is 1. The lowest BCUT2D eigenvalue weighted by atomic mass is 9.98. The summed E-state index contributed by atoms with van der Waals surface area (Å²) in [5.41, 5.74) is 7.33. The molecule has 1 aliphatic carbocycles. The van der Waals surface area contributed by atoms with E-state index >= 15 is 0 Å². The molecule has 1 saturated carbocycles. The molecule has 2 N–H and O–H groups in total. The summed E-state index contributed by atoms with van der Waals surface area (Å²) in [6, 6.07) is 6.26. The second-order valence-corrected chi connectivity index (χ2v) is 6.22. The highest BCUT2D eigenvalue weighted by Gasteiger charge is 2.40. The largest absolute Gasteiger partial charge is 0.497 e. The topological polar surface area (TPSA) is 38.5 Å². The zero-order valence-electron chi connectivity index (χ0n) is 11.3. The minimum atomic E-state index is 0.399. The monoisotopic (exact) mass is 280 g/mol. The van der Waals surface area contributed by atoms with Crippen molar-refractivity contribution in [2.45, 2.75) is 25.4 Å². The van der Waals surface area contributed by atoms with Gasteiger partial charge in [-0.3, -0.25) is 4.90 Å². The standard InChI is InChI=1S/C15H21ClN2O/c1-19-12-3-4-14(16)11(6-12)8-18-7-10-2-5-15(17)13(10)9-18/h3-4,6,10,13,15H,2,5,7-9,17H2,1H3. The van der Waals surface area contributed by atoms with E-state index in [0.717, 1.165) is 41.9 Å². The van der Waals surface area contributed by atoms with Gasteiger partial charge in [0.25, 0.3) is 0 Å². The van der Waals surface area contributed by atoms with Gasteiger partial charge in [-0.2, -0.15) is 0 Å². The third kappa shape index (κ3) is 2.60. The van der Waals surface area contributed by atoms with E-state index in [1.807, 2.05) is 18.2 Å². The quantitative estimate of drug-likeness (QED) is 0.925. The third-order valence-corrected chi connectivity index (χ3v) is 5.00. The number of halogens is 1. The molecule has 4 heteroatoms. The minimum Gasteiger partial charge on any atom is -0.497 e. The molecule has 2 aliphatic rings. The number of rotatable bonds is 3. The van der Waals surface area contributed by atoms with Crippen LogP contribution in [0.2, 0.25) is 5.02 Å². The molecule has 1 heterocycles. The molecule has 0 radical (unpaired) electrons.